The summed E-state index contributed by atoms with van der Waals surface area (Å²) in [6, 6.07) is 10.5. The van der Waals surface area contributed by atoms with Crippen LogP contribution in [0.5, 0.6) is 0 Å². The molecule has 4 heteroatoms. The van der Waals surface area contributed by atoms with Gasteiger partial charge in [-0.1, -0.05) is 30.3 Å². The van der Waals surface area contributed by atoms with Crippen LogP contribution >= 0.6 is 0 Å². The third kappa shape index (κ3) is 4.33. The van der Waals surface area contributed by atoms with Crippen LogP contribution in [0.1, 0.15) is 12.0 Å². The second kappa shape index (κ2) is 7.26. The molecular weight excluding hydrogens is 240 g/mol. The fourth-order valence-electron chi connectivity index (χ4n) is 2.47. The number of carbonyl (C=O) groups excluding carboxylic acids is 1. The molecule has 0 atom stereocenters. The molecule has 0 spiro atoms. The number of hydrogen-bond donors (Lipinski definition) is 1. The van der Waals surface area contributed by atoms with E-state index in [4.69, 9.17) is 5.11 Å². The maximum Gasteiger partial charge on any atom is 0.248 e. The quantitative estimate of drug-likeness (QED) is 0.852. The van der Waals surface area contributed by atoms with E-state index in [2.05, 4.69) is 29.2 Å². The predicted molar refractivity (Wildman–Crippen MR) is 74.9 cm³/mol. The van der Waals surface area contributed by atoms with Gasteiger partial charge in [-0.05, 0) is 24.9 Å². The van der Waals surface area contributed by atoms with E-state index in [1.165, 1.54) is 5.56 Å². The molecule has 0 bridgehead atoms. The molecule has 0 radical (unpaired) electrons. The first-order chi connectivity index (χ1) is 9.29. The van der Waals surface area contributed by atoms with E-state index in [0.29, 0.717) is 0 Å². The second-order valence-electron chi connectivity index (χ2n) is 4.97. The van der Waals surface area contributed by atoms with Gasteiger partial charge in [0.2, 0.25) is 5.91 Å². The number of aryl methyl sites for hydroxylation is 1. The van der Waals surface area contributed by atoms with Crippen LogP contribution < -0.4 is 0 Å². The number of carbonyl (C=O) groups is 1. The number of nitrogens with zero attached hydrogens (tertiary/aromatic N) is 2. The van der Waals surface area contributed by atoms with Gasteiger partial charge >= 0.3 is 0 Å². The SMILES string of the molecule is O=C(CO)N1CCN(CCCc2ccccc2)CC1. The third-order valence-corrected chi connectivity index (χ3v) is 3.64. The number of benzene rings is 1. The monoisotopic (exact) mass is 262 g/mol. The number of aliphatic hydroxyl groups excluding tert-OH is 1. The van der Waals surface area contributed by atoms with Crippen LogP contribution in [0.3, 0.4) is 0 Å². The van der Waals surface area contributed by atoms with Gasteiger partial charge in [0.25, 0.3) is 0 Å². The van der Waals surface area contributed by atoms with Crippen molar-refractivity contribution in [2.24, 2.45) is 0 Å². The van der Waals surface area contributed by atoms with E-state index in [9.17, 15) is 4.79 Å². The van der Waals surface area contributed by atoms with Gasteiger partial charge in [0.05, 0.1) is 0 Å². The molecule has 4 nitrogen and oxygen atoms in total. The van der Waals surface area contributed by atoms with E-state index in [1.807, 2.05) is 6.07 Å². The summed E-state index contributed by atoms with van der Waals surface area (Å²) in [5.74, 6) is -0.149. The van der Waals surface area contributed by atoms with Gasteiger partial charge in [0, 0.05) is 26.2 Å². The topological polar surface area (TPSA) is 43.8 Å². The molecule has 1 aromatic rings. The number of rotatable bonds is 5. The fourth-order valence-corrected chi connectivity index (χ4v) is 2.47. The average Bonchev–Trinajstić information content (AvgIpc) is 2.48. The standard InChI is InChI=1S/C15H22N2O2/c18-13-15(19)17-11-9-16(10-12-17)8-4-7-14-5-2-1-3-6-14/h1-3,5-6,18H,4,7-13H2. The van der Waals surface area contributed by atoms with E-state index >= 15 is 0 Å². The zero-order valence-corrected chi connectivity index (χ0v) is 11.3. The van der Waals surface area contributed by atoms with Crippen molar-refractivity contribution in [3.05, 3.63) is 35.9 Å². The Morgan fingerprint density at radius 1 is 1.11 bits per heavy atom. The highest BCUT2D eigenvalue weighted by molar-refractivity contribution is 5.77. The fraction of sp³-hybridized carbons (Fsp3) is 0.533. The molecule has 0 unspecified atom stereocenters. The normalized spacial score (nSPS) is 16.6. The van der Waals surface area contributed by atoms with Gasteiger partial charge in [-0.2, -0.15) is 0 Å². The lowest BCUT2D eigenvalue weighted by Crippen LogP contribution is -2.49. The highest BCUT2D eigenvalue weighted by Crippen LogP contribution is 2.06. The van der Waals surface area contributed by atoms with Crippen molar-refractivity contribution < 1.29 is 9.90 Å². The molecular formula is C15H22N2O2. The summed E-state index contributed by atoms with van der Waals surface area (Å²) < 4.78 is 0. The Kier molecular flexibility index (Phi) is 5.36. The second-order valence-corrected chi connectivity index (χ2v) is 4.97. The van der Waals surface area contributed by atoms with Crippen LogP contribution in [0.2, 0.25) is 0 Å². The minimum Gasteiger partial charge on any atom is -0.387 e. The van der Waals surface area contributed by atoms with Crippen LogP contribution in [0, 0.1) is 0 Å². The minimum atomic E-state index is -0.367. The Balaban J connectivity index is 1.65. The van der Waals surface area contributed by atoms with Crippen molar-refractivity contribution in [3.63, 3.8) is 0 Å². The van der Waals surface area contributed by atoms with Gasteiger partial charge in [0.1, 0.15) is 6.61 Å². The number of amides is 1. The smallest absolute Gasteiger partial charge is 0.248 e. The molecule has 0 aliphatic carbocycles. The lowest BCUT2D eigenvalue weighted by atomic mass is 10.1. The summed E-state index contributed by atoms with van der Waals surface area (Å²) in [6.45, 7) is 4.03. The number of piperazine rings is 1. The molecule has 104 valence electrons. The molecule has 1 aliphatic heterocycles. The van der Waals surface area contributed by atoms with Crippen molar-refractivity contribution in [3.8, 4) is 0 Å². The summed E-state index contributed by atoms with van der Waals surface area (Å²) in [6.07, 6.45) is 2.26. The van der Waals surface area contributed by atoms with Gasteiger partial charge in [-0.25, -0.2) is 0 Å². The minimum absolute atomic E-state index is 0.149. The first kappa shape index (κ1) is 14.0. The van der Waals surface area contributed by atoms with Crippen molar-refractivity contribution in [2.75, 3.05) is 39.3 Å². The highest BCUT2D eigenvalue weighted by atomic mass is 16.3. The Bertz CT molecular complexity index is 386. The van der Waals surface area contributed by atoms with Crippen molar-refractivity contribution in [1.29, 1.82) is 0 Å². The van der Waals surface area contributed by atoms with Gasteiger partial charge in [-0.3, -0.25) is 9.69 Å². The van der Waals surface area contributed by atoms with Crippen LogP contribution in [-0.2, 0) is 11.2 Å². The van der Waals surface area contributed by atoms with E-state index in [-0.39, 0.29) is 12.5 Å². The molecule has 1 aliphatic rings. The van der Waals surface area contributed by atoms with Gasteiger partial charge in [0.15, 0.2) is 0 Å². The Morgan fingerprint density at radius 3 is 2.42 bits per heavy atom. The molecule has 1 N–H and O–H groups in total. The van der Waals surface area contributed by atoms with Crippen LogP contribution in [0.15, 0.2) is 30.3 Å². The first-order valence-corrected chi connectivity index (χ1v) is 6.94. The molecule has 1 fully saturated rings. The maximum absolute atomic E-state index is 11.3. The summed E-state index contributed by atoms with van der Waals surface area (Å²) in [5, 5.41) is 8.82. The maximum atomic E-state index is 11.3. The van der Waals surface area contributed by atoms with Gasteiger partial charge < -0.3 is 10.0 Å². The average molecular weight is 262 g/mol. The third-order valence-electron chi connectivity index (χ3n) is 3.64. The summed E-state index contributed by atoms with van der Waals surface area (Å²) >= 11 is 0. The lowest BCUT2D eigenvalue weighted by molar-refractivity contribution is -0.135. The predicted octanol–water partition coefficient (Wildman–Crippen LogP) is 0.756. The molecule has 2 rings (SSSR count). The summed E-state index contributed by atoms with van der Waals surface area (Å²) in [4.78, 5) is 15.5. The Labute approximate surface area is 114 Å². The molecule has 0 saturated carbocycles. The summed E-state index contributed by atoms with van der Waals surface area (Å²) in [5.41, 5.74) is 1.39. The zero-order valence-electron chi connectivity index (χ0n) is 11.3. The van der Waals surface area contributed by atoms with E-state index < -0.39 is 0 Å². The summed E-state index contributed by atoms with van der Waals surface area (Å²) in [7, 11) is 0. The van der Waals surface area contributed by atoms with E-state index in [0.717, 1.165) is 45.6 Å². The molecule has 1 aromatic carbocycles. The van der Waals surface area contributed by atoms with E-state index in [1.54, 1.807) is 4.90 Å². The van der Waals surface area contributed by atoms with Crippen molar-refractivity contribution in [2.45, 2.75) is 12.8 Å². The van der Waals surface area contributed by atoms with Crippen LogP contribution in [0.4, 0.5) is 0 Å². The van der Waals surface area contributed by atoms with Crippen molar-refractivity contribution >= 4 is 5.91 Å². The van der Waals surface area contributed by atoms with Crippen LogP contribution in [-0.4, -0.2) is 60.1 Å². The molecule has 1 saturated heterocycles. The lowest BCUT2D eigenvalue weighted by Gasteiger charge is -2.34. The Morgan fingerprint density at radius 2 is 1.79 bits per heavy atom. The van der Waals surface area contributed by atoms with Gasteiger partial charge in [-0.15, -0.1) is 0 Å². The zero-order chi connectivity index (χ0) is 13.5. The molecule has 1 amide bonds. The molecule has 19 heavy (non-hydrogen) atoms. The molecule has 1 heterocycles. The highest BCUT2D eigenvalue weighted by Gasteiger charge is 2.19. The largest absolute Gasteiger partial charge is 0.387 e. The first-order valence-electron chi connectivity index (χ1n) is 6.94. The number of hydrogen-bond acceptors (Lipinski definition) is 3. The molecule has 0 aromatic heterocycles. The number of aliphatic hydroxyl groups is 1. The Hall–Kier alpha value is -1.39. The van der Waals surface area contributed by atoms with Crippen molar-refractivity contribution in [1.82, 2.24) is 9.80 Å². The van der Waals surface area contributed by atoms with Crippen LogP contribution in [0.25, 0.3) is 0 Å².